The lowest BCUT2D eigenvalue weighted by molar-refractivity contribution is 0.637. The highest BCUT2D eigenvalue weighted by Gasteiger charge is 2.20. The Morgan fingerprint density at radius 3 is 2.43 bits per heavy atom. The van der Waals surface area contributed by atoms with Gasteiger partial charge in [0.1, 0.15) is 0 Å². The molecule has 1 aromatic heterocycles. The molecule has 1 saturated heterocycles. The molecule has 0 amide bonds. The van der Waals surface area contributed by atoms with Crippen molar-refractivity contribution in [3.05, 3.63) is 51.9 Å². The summed E-state index contributed by atoms with van der Waals surface area (Å²) >= 11 is 0. The molecule has 0 radical (unpaired) electrons. The van der Waals surface area contributed by atoms with Gasteiger partial charge in [0.25, 0.3) is 5.56 Å². The number of H-pyrrole nitrogens is 1. The number of benzene rings is 1. The second-order valence-corrected chi connectivity index (χ2v) is 5.60. The number of hydrogen-bond acceptors (Lipinski definition) is 5. The minimum Gasteiger partial charge on any atom is -0.368 e. The molecule has 0 atom stereocenters. The van der Waals surface area contributed by atoms with Gasteiger partial charge in [0.2, 0.25) is 5.95 Å². The van der Waals surface area contributed by atoms with E-state index in [1.54, 1.807) is 6.92 Å². The minimum absolute atomic E-state index is 0.0935. The summed E-state index contributed by atoms with van der Waals surface area (Å²) < 4.78 is 0. The highest BCUT2D eigenvalue weighted by molar-refractivity contribution is 5.48. The molecule has 0 saturated carbocycles. The standard InChI is InChI=1S/C17H19N5O/c1-13-15(7-8-18)16(23)20-17(19-13)22-11-9-21(10-12-22)14-5-3-2-4-6-14/h2-6H,7,9-12H2,1H3,(H,19,20,23). The first kappa shape index (κ1) is 15.1. The zero-order valence-electron chi connectivity index (χ0n) is 13.1. The highest BCUT2D eigenvalue weighted by Crippen LogP contribution is 2.17. The van der Waals surface area contributed by atoms with Crippen molar-refractivity contribution in [1.82, 2.24) is 9.97 Å². The van der Waals surface area contributed by atoms with Crippen LogP contribution in [0, 0.1) is 18.3 Å². The summed E-state index contributed by atoms with van der Waals surface area (Å²) in [5, 5.41) is 8.78. The van der Waals surface area contributed by atoms with Gasteiger partial charge in [-0.3, -0.25) is 9.78 Å². The zero-order chi connectivity index (χ0) is 16.2. The molecular formula is C17H19N5O. The molecule has 1 N–H and O–H groups in total. The van der Waals surface area contributed by atoms with E-state index in [4.69, 9.17) is 5.26 Å². The first-order valence-electron chi connectivity index (χ1n) is 7.70. The van der Waals surface area contributed by atoms with Crippen LogP contribution >= 0.6 is 0 Å². The fraction of sp³-hybridized carbons (Fsp3) is 0.353. The number of nitrogens with zero attached hydrogens (tertiary/aromatic N) is 4. The van der Waals surface area contributed by atoms with Crippen molar-refractivity contribution in [2.24, 2.45) is 0 Å². The number of piperazine rings is 1. The molecule has 1 fully saturated rings. The maximum atomic E-state index is 12.1. The molecule has 118 valence electrons. The van der Waals surface area contributed by atoms with Crippen LogP contribution in [0.5, 0.6) is 0 Å². The topological polar surface area (TPSA) is 76.0 Å². The maximum Gasteiger partial charge on any atom is 0.256 e. The van der Waals surface area contributed by atoms with Crippen LogP contribution in [0.3, 0.4) is 0 Å². The van der Waals surface area contributed by atoms with Gasteiger partial charge in [-0.15, -0.1) is 0 Å². The van der Waals surface area contributed by atoms with Crippen LogP contribution in [0.2, 0.25) is 0 Å². The van der Waals surface area contributed by atoms with Crippen LogP contribution in [0.25, 0.3) is 0 Å². The molecule has 6 nitrogen and oxygen atoms in total. The van der Waals surface area contributed by atoms with Crippen LogP contribution in [-0.4, -0.2) is 36.1 Å². The number of rotatable bonds is 3. The summed E-state index contributed by atoms with van der Waals surface area (Å²) in [4.78, 5) is 23.8. The third-order valence-corrected chi connectivity index (χ3v) is 4.17. The third-order valence-electron chi connectivity index (χ3n) is 4.17. The third kappa shape index (κ3) is 3.19. The van der Waals surface area contributed by atoms with Gasteiger partial charge in [-0.05, 0) is 19.1 Å². The van der Waals surface area contributed by atoms with E-state index in [1.807, 2.05) is 24.3 Å². The van der Waals surface area contributed by atoms with Crippen molar-refractivity contribution < 1.29 is 0 Å². The van der Waals surface area contributed by atoms with E-state index in [0.717, 1.165) is 26.2 Å². The molecule has 1 aliphatic rings. The Morgan fingerprint density at radius 1 is 1.17 bits per heavy atom. The summed E-state index contributed by atoms with van der Waals surface area (Å²) in [7, 11) is 0. The molecule has 1 aliphatic heterocycles. The summed E-state index contributed by atoms with van der Waals surface area (Å²) in [5.41, 5.74) is 2.10. The van der Waals surface area contributed by atoms with E-state index in [9.17, 15) is 4.79 Å². The lowest BCUT2D eigenvalue weighted by Gasteiger charge is -2.36. The maximum absolute atomic E-state index is 12.1. The predicted molar refractivity (Wildman–Crippen MR) is 89.8 cm³/mol. The monoisotopic (exact) mass is 309 g/mol. The summed E-state index contributed by atoms with van der Waals surface area (Å²) in [6.45, 7) is 5.15. The molecular weight excluding hydrogens is 290 g/mol. The number of anilines is 2. The van der Waals surface area contributed by atoms with Crippen molar-refractivity contribution >= 4 is 11.6 Å². The Labute approximate surface area is 135 Å². The van der Waals surface area contributed by atoms with E-state index in [0.29, 0.717) is 17.2 Å². The van der Waals surface area contributed by atoms with Gasteiger partial charge in [0.05, 0.1) is 23.7 Å². The predicted octanol–water partition coefficient (Wildman–Crippen LogP) is 1.47. The van der Waals surface area contributed by atoms with Gasteiger partial charge < -0.3 is 9.80 Å². The molecule has 3 rings (SSSR count). The van der Waals surface area contributed by atoms with Gasteiger partial charge in [0.15, 0.2) is 0 Å². The number of aromatic nitrogens is 2. The van der Waals surface area contributed by atoms with Crippen LogP contribution in [0.1, 0.15) is 11.3 Å². The van der Waals surface area contributed by atoms with Crippen molar-refractivity contribution in [3.63, 3.8) is 0 Å². The number of aromatic amines is 1. The van der Waals surface area contributed by atoms with Gasteiger partial charge in [0, 0.05) is 31.9 Å². The number of para-hydroxylation sites is 1. The van der Waals surface area contributed by atoms with E-state index >= 15 is 0 Å². The number of nitrogens with one attached hydrogen (secondary N) is 1. The quantitative estimate of drug-likeness (QED) is 0.929. The van der Waals surface area contributed by atoms with E-state index < -0.39 is 0 Å². The van der Waals surface area contributed by atoms with E-state index in [2.05, 4.69) is 31.9 Å². The summed E-state index contributed by atoms with van der Waals surface area (Å²) in [5.74, 6) is 0.599. The molecule has 2 aromatic rings. The molecule has 6 heteroatoms. The Kier molecular flexibility index (Phi) is 4.29. The van der Waals surface area contributed by atoms with Gasteiger partial charge in [-0.2, -0.15) is 5.26 Å². The fourth-order valence-corrected chi connectivity index (χ4v) is 2.85. The first-order chi connectivity index (χ1) is 11.2. The van der Waals surface area contributed by atoms with Crippen LogP contribution in [-0.2, 0) is 6.42 Å². The Morgan fingerprint density at radius 2 is 1.83 bits per heavy atom. The molecule has 0 spiro atoms. The number of aryl methyl sites for hydroxylation is 1. The number of nitriles is 1. The first-order valence-corrected chi connectivity index (χ1v) is 7.70. The molecule has 0 aliphatic carbocycles. The number of hydrogen-bond donors (Lipinski definition) is 1. The minimum atomic E-state index is -0.209. The highest BCUT2D eigenvalue weighted by atomic mass is 16.1. The lowest BCUT2D eigenvalue weighted by atomic mass is 10.2. The lowest BCUT2D eigenvalue weighted by Crippen LogP contribution is -2.47. The van der Waals surface area contributed by atoms with E-state index in [-0.39, 0.29) is 12.0 Å². The SMILES string of the molecule is Cc1nc(N2CCN(c3ccccc3)CC2)[nH]c(=O)c1CC#N. The van der Waals surface area contributed by atoms with Crippen molar-refractivity contribution in [3.8, 4) is 6.07 Å². The van der Waals surface area contributed by atoms with Gasteiger partial charge >= 0.3 is 0 Å². The molecule has 0 unspecified atom stereocenters. The zero-order valence-corrected chi connectivity index (χ0v) is 13.1. The summed E-state index contributed by atoms with van der Waals surface area (Å²) in [6.07, 6.45) is 0.0935. The second-order valence-electron chi connectivity index (χ2n) is 5.60. The van der Waals surface area contributed by atoms with E-state index in [1.165, 1.54) is 5.69 Å². The summed E-state index contributed by atoms with van der Waals surface area (Å²) in [6, 6.07) is 12.3. The smallest absolute Gasteiger partial charge is 0.256 e. The molecule has 1 aromatic carbocycles. The van der Waals surface area contributed by atoms with Crippen LogP contribution in [0.15, 0.2) is 35.1 Å². The largest absolute Gasteiger partial charge is 0.368 e. The molecule has 2 heterocycles. The van der Waals surface area contributed by atoms with Gasteiger partial charge in [-0.25, -0.2) is 4.98 Å². The molecule has 0 bridgehead atoms. The Balaban J connectivity index is 1.73. The van der Waals surface area contributed by atoms with Crippen molar-refractivity contribution in [2.75, 3.05) is 36.0 Å². The van der Waals surface area contributed by atoms with Crippen molar-refractivity contribution in [1.29, 1.82) is 5.26 Å². The Hall–Kier alpha value is -2.81. The normalized spacial score (nSPS) is 14.6. The molecule has 23 heavy (non-hydrogen) atoms. The second kappa shape index (κ2) is 6.53. The average Bonchev–Trinajstić information content (AvgIpc) is 2.59. The van der Waals surface area contributed by atoms with Crippen LogP contribution < -0.4 is 15.4 Å². The fourth-order valence-electron chi connectivity index (χ4n) is 2.85. The van der Waals surface area contributed by atoms with Gasteiger partial charge in [-0.1, -0.05) is 18.2 Å². The van der Waals surface area contributed by atoms with Crippen molar-refractivity contribution in [2.45, 2.75) is 13.3 Å². The average molecular weight is 309 g/mol. The Bertz CT molecular complexity index is 770. The van der Waals surface area contributed by atoms with Crippen LogP contribution in [0.4, 0.5) is 11.6 Å².